The van der Waals surface area contributed by atoms with Crippen molar-refractivity contribution >= 4 is 5.91 Å². The molecule has 4 aliphatic rings. The molecule has 5 heteroatoms. The number of rotatable bonds is 3. The van der Waals surface area contributed by atoms with Crippen LogP contribution >= 0.6 is 0 Å². The second kappa shape index (κ2) is 7.06. The van der Waals surface area contributed by atoms with E-state index in [1.165, 1.54) is 18.4 Å². The van der Waals surface area contributed by atoms with Gasteiger partial charge in [0.1, 0.15) is 11.5 Å². The van der Waals surface area contributed by atoms with E-state index in [9.17, 15) is 9.90 Å². The van der Waals surface area contributed by atoms with Crippen molar-refractivity contribution in [2.45, 2.75) is 37.8 Å². The summed E-state index contributed by atoms with van der Waals surface area (Å²) in [5.74, 6) is 1.96. The second-order valence-corrected chi connectivity index (χ2v) is 8.69. The number of nitrogens with zero attached hydrogens (tertiary/aromatic N) is 2. The van der Waals surface area contributed by atoms with Crippen LogP contribution in [0.2, 0.25) is 0 Å². The number of aromatic hydroxyl groups is 1. The van der Waals surface area contributed by atoms with Crippen molar-refractivity contribution in [1.29, 1.82) is 0 Å². The quantitative estimate of drug-likeness (QED) is 0.870. The van der Waals surface area contributed by atoms with Crippen molar-refractivity contribution in [2.75, 3.05) is 26.7 Å². The molecule has 1 amide bonds. The van der Waals surface area contributed by atoms with E-state index < -0.39 is 0 Å². The minimum Gasteiger partial charge on any atom is -0.508 e. The van der Waals surface area contributed by atoms with Gasteiger partial charge in [0.2, 0.25) is 0 Å². The van der Waals surface area contributed by atoms with Gasteiger partial charge in [-0.15, -0.1) is 0 Å². The van der Waals surface area contributed by atoms with E-state index in [0.717, 1.165) is 30.9 Å². The molecule has 4 fully saturated rings. The molecule has 0 aromatic heterocycles. The van der Waals surface area contributed by atoms with Crippen molar-refractivity contribution < 1.29 is 14.6 Å². The molecule has 29 heavy (non-hydrogen) atoms. The average molecular weight is 392 g/mol. The molecule has 3 atom stereocenters. The highest BCUT2D eigenvalue weighted by Crippen LogP contribution is 2.47. The molecule has 2 bridgehead atoms. The molecule has 0 saturated carbocycles. The van der Waals surface area contributed by atoms with E-state index in [1.807, 2.05) is 31.2 Å². The number of aryl methyl sites for hydroxylation is 1. The maximum absolute atomic E-state index is 13.5. The Bertz CT molecular complexity index is 918. The van der Waals surface area contributed by atoms with Gasteiger partial charge in [-0.05, 0) is 74.2 Å². The fraction of sp³-hybridized carbons (Fsp3) is 0.458. The molecular weight excluding hydrogens is 364 g/mol. The number of fused-ring (bicyclic) bond motifs is 2. The Morgan fingerprint density at radius 1 is 1.07 bits per heavy atom. The van der Waals surface area contributed by atoms with E-state index in [-0.39, 0.29) is 17.7 Å². The van der Waals surface area contributed by atoms with Gasteiger partial charge in [-0.2, -0.15) is 0 Å². The van der Waals surface area contributed by atoms with Crippen LogP contribution in [0.5, 0.6) is 11.5 Å². The summed E-state index contributed by atoms with van der Waals surface area (Å²) in [5, 5.41) is 10.1. The van der Waals surface area contributed by atoms with E-state index in [4.69, 9.17) is 4.74 Å². The highest BCUT2D eigenvalue weighted by Gasteiger charge is 2.54. The van der Waals surface area contributed by atoms with Gasteiger partial charge in [0, 0.05) is 24.1 Å². The maximum Gasteiger partial charge on any atom is 0.254 e. The lowest BCUT2D eigenvalue weighted by atomic mass is 9.75. The molecule has 2 aromatic carbocycles. The van der Waals surface area contributed by atoms with Crippen LogP contribution in [0.3, 0.4) is 0 Å². The van der Waals surface area contributed by atoms with E-state index in [0.29, 0.717) is 23.4 Å². The number of benzene rings is 2. The van der Waals surface area contributed by atoms with Gasteiger partial charge in [-0.25, -0.2) is 0 Å². The molecule has 152 valence electrons. The molecule has 2 aromatic rings. The third-order valence-corrected chi connectivity index (χ3v) is 7.26. The predicted octanol–water partition coefficient (Wildman–Crippen LogP) is 3.41. The molecule has 0 spiro atoms. The summed E-state index contributed by atoms with van der Waals surface area (Å²) in [6, 6.07) is 14.2. The van der Waals surface area contributed by atoms with E-state index in [2.05, 4.69) is 21.9 Å². The number of amides is 1. The Balaban J connectivity index is 1.50. The smallest absolute Gasteiger partial charge is 0.254 e. The molecule has 0 radical (unpaired) electrons. The highest BCUT2D eigenvalue weighted by atomic mass is 16.5. The van der Waals surface area contributed by atoms with Crippen LogP contribution in [0.25, 0.3) is 0 Å². The van der Waals surface area contributed by atoms with Crippen molar-refractivity contribution in [2.24, 2.45) is 5.92 Å². The van der Waals surface area contributed by atoms with Crippen LogP contribution < -0.4 is 4.74 Å². The van der Waals surface area contributed by atoms with Gasteiger partial charge >= 0.3 is 0 Å². The standard InChI is InChI=1S/C24H28N2O3/c1-15-3-4-18(13-21(15)27)24(28)26-14-20(16-5-7-19(29-2)8-6-16)23-22(26)17-9-11-25(23)12-10-17/h3-8,13,17,20,22-23,27H,9-12,14H2,1-2H3/t20-,22+,23+/m1/s1. The average Bonchev–Trinajstić information content (AvgIpc) is 3.19. The first kappa shape index (κ1) is 18.5. The highest BCUT2D eigenvalue weighted by molar-refractivity contribution is 5.95. The largest absolute Gasteiger partial charge is 0.508 e. The summed E-state index contributed by atoms with van der Waals surface area (Å²) in [5.41, 5.74) is 2.65. The summed E-state index contributed by atoms with van der Waals surface area (Å²) in [6.07, 6.45) is 2.33. The predicted molar refractivity (Wildman–Crippen MR) is 111 cm³/mol. The van der Waals surface area contributed by atoms with E-state index in [1.54, 1.807) is 13.2 Å². The van der Waals surface area contributed by atoms with Gasteiger partial charge in [0.15, 0.2) is 0 Å². The van der Waals surface area contributed by atoms with Crippen molar-refractivity contribution in [3.63, 3.8) is 0 Å². The number of hydrogen-bond donors (Lipinski definition) is 1. The zero-order chi connectivity index (χ0) is 20.1. The van der Waals surface area contributed by atoms with Gasteiger partial charge in [-0.1, -0.05) is 18.2 Å². The molecule has 4 saturated heterocycles. The van der Waals surface area contributed by atoms with Gasteiger partial charge < -0.3 is 14.7 Å². The number of hydrogen-bond acceptors (Lipinski definition) is 4. The topological polar surface area (TPSA) is 53.0 Å². The third-order valence-electron chi connectivity index (χ3n) is 7.26. The number of piperidine rings is 3. The SMILES string of the molecule is COc1ccc([C@H]2CN(C(=O)c3ccc(C)c(O)c3)[C@H]3C4CCN(CC4)[C@@H]23)cc1. The molecule has 4 heterocycles. The Morgan fingerprint density at radius 3 is 2.45 bits per heavy atom. The zero-order valence-electron chi connectivity index (χ0n) is 17.0. The molecule has 0 aliphatic carbocycles. The number of phenolic OH excluding ortho intramolecular Hbond substituents is 1. The Morgan fingerprint density at radius 2 is 1.79 bits per heavy atom. The summed E-state index contributed by atoms with van der Waals surface area (Å²) in [4.78, 5) is 18.2. The van der Waals surface area contributed by atoms with Crippen LogP contribution in [0.1, 0.15) is 40.2 Å². The van der Waals surface area contributed by atoms with Gasteiger partial charge in [0.05, 0.1) is 13.2 Å². The first-order valence-corrected chi connectivity index (χ1v) is 10.6. The lowest BCUT2D eigenvalue weighted by Crippen LogP contribution is -2.60. The molecule has 5 nitrogen and oxygen atoms in total. The summed E-state index contributed by atoms with van der Waals surface area (Å²) in [6.45, 7) is 4.84. The normalized spacial score (nSPS) is 30.3. The lowest BCUT2D eigenvalue weighted by Gasteiger charge is -2.51. The second-order valence-electron chi connectivity index (χ2n) is 8.69. The minimum atomic E-state index is 0.0417. The minimum absolute atomic E-state index is 0.0417. The van der Waals surface area contributed by atoms with Gasteiger partial charge in [0.25, 0.3) is 5.91 Å². The molecule has 1 N–H and O–H groups in total. The van der Waals surface area contributed by atoms with Crippen LogP contribution in [0, 0.1) is 12.8 Å². The number of likely N-dealkylation sites (tertiary alicyclic amines) is 1. The van der Waals surface area contributed by atoms with E-state index >= 15 is 0 Å². The van der Waals surface area contributed by atoms with Crippen molar-refractivity contribution in [1.82, 2.24) is 9.80 Å². The summed E-state index contributed by atoms with van der Waals surface area (Å²) >= 11 is 0. The lowest BCUT2D eigenvalue weighted by molar-refractivity contribution is -0.00341. The van der Waals surface area contributed by atoms with Crippen molar-refractivity contribution in [3.05, 3.63) is 59.2 Å². The Hall–Kier alpha value is -2.53. The molecular formula is C24H28N2O3. The number of carbonyl (C=O) groups excluding carboxylic acids is 1. The van der Waals surface area contributed by atoms with Crippen LogP contribution in [-0.2, 0) is 0 Å². The number of phenols is 1. The number of carbonyl (C=O) groups is 1. The van der Waals surface area contributed by atoms with Crippen LogP contribution in [0.15, 0.2) is 42.5 Å². The summed E-state index contributed by atoms with van der Waals surface area (Å²) < 4.78 is 5.33. The van der Waals surface area contributed by atoms with Crippen molar-refractivity contribution in [3.8, 4) is 11.5 Å². The maximum atomic E-state index is 13.5. The Labute approximate surface area is 171 Å². The summed E-state index contributed by atoms with van der Waals surface area (Å²) in [7, 11) is 1.68. The fourth-order valence-electron chi connectivity index (χ4n) is 5.71. The molecule has 0 unspecified atom stereocenters. The number of methoxy groups -OCH3 is 1. The first-order chi connectivity index (χ1) is 14.1. The van der Waals surface area contributed by atoms with Crippen LogP contribution in [-0.4, -0.2) is 59.6 Å². The number of ether oxygens (including phenoxy) is 1. The fourth-order valence-corrected chi connectivity index (χ4v) is 5.71. The zero-order valence-corrected chi connectivity index (χ0v) is 17.0. The third kappa shape index (κ3) is 2.99. The van der Waals surface area contributed by atoms with Gasteiger partial charge in [-0.3, -0.25) is 9.69 Å². The molecule has 4 aliphatic heterocycles. The Kier molecular flexibility index (Phi) is 4.50. The van der Waals surface area contributed by atoms with Crippen LogP contribution in [0.4, 0.5) is 0 Å². The monoisotopic (exact) mass is 392 g/mol. The molecule has 6 rings (SSSR count). The first-order valence-electron chi connectivity index (χ1n) is 10.6.